The molecule has 1 fully saturated rings. The van der Waals surface area contributed by atoms with Crippen LogP contribution in [0.4, 0.5) is 0 Å². The van der Waals surface area contributed by atoms with Crippen LogP contribution in [0.1, 0.15) is 50.1 Å². The molecule has 2 N–H and O–H groups in total. The number of halogens is 1. The van der Waals surface area contributed by atoms with Crippen LogP contribution in [0, 0.1) is 0 Å². The third-order valence-corrected chi connectivity index (χ3v) is 4.06. The molecule has 0 aliphatic heterocycles. The summed E-state index contributed by atoms with van der Waals surface area (Å²) >= 11 is 6.11. The van der Waals surface area contributed by atoms with Crippen molar-refractivity contribution in [2.45, 2.75) is 50.6 Å². The van der Waals surface area contributed by atoms with Crippen LogP contribution in [-0.2, 0) is 4.79 Å². The lowest BCUT2D eigenvalue weighted by Gasteiger charge is -2.23. The first-order chi connectivity index (χ1) is 9.18. The largest absolute Gasteiger partial charge is 0.480 e. The molecule has 0 saturated heterocycles. The number of carboxylic acids is 1. The van der Waals surface area contributed by atoms with Gasteiger partial charge in [-0.3, -0.25) is 10.1 Å². The lowest BCUT2D eigenvalue weighted by Crippen LogP contribution is -2.37. The van der Waals surface area contributed by atoms with Gasteiger partial charge in [0, 0.05) is 11.1 Å². The van der Waals surface area contributed by atoms with Crippen molar-refractivity contribution in [3.8, 4) is 0 Å². The highest BCUT2D eigenvalue weighted by Crippen LogP contribution is 2.26. The van der Waals surface area contributed by atoms with Crippen molar-refractivity contribution < 1.29 is 9.90 Å². The predicted octanol–water partition coefficient (Wildman–Crippen LogP) is 3.78. The van der Waals surface area contributed by atoms with Crippen molar-refractivity contribution in [3.05, 3.63) is 34.9 Å². The Labute approximate surface area is 119 Å². The number of hydrogen-bond acceptors (Lipinski definition) is 2. The van der Waals surface area contributed by atoms with Gasteiger partial charge in [0.1, 0.15) is 6.04 Å². The molecule has 1 aromatic carbocycles. The number of aliphatic carboxylic acids is 1. The van der Waals surface area contributed by atoms with Crippen LogP contribution in [0.25, 0.3) is 0 Å². The molecule has 1 aromatic rings. The highest BCUT2D eigenvalue weighted by molar-refractivity contribution is 6.31. The molecule has 19 heavy (non-hydrogen) atoms. The molecule has 4 heteroatoms. The maximum absolute atomic E-state index is 11.5. The third-order valence-electron chi connectivity index (χ3n) is 3.72. The number of benzene rings is 1. The van der Waals surface area contributed by atoms with E-state index in [9.17, 15) is 9.90 Å². The van der Waals surface area contributed by atoms with Gasteiger partial charge in [-0.15, -0.1) is 0 Å². The maximum atomic E-state index is 11.5. The minimum absolute atomic E-state index is 0.278. The SMILES string of the molecule is O=C(O)C(NC1CCCCCC1)c1ccccc1Cl. The van der Waals surface area contributed by atoms with E-state index in [4.69, 9.17) is 11.6 Å². The van der Waals surface area contributed by atoms with E-state index in [0.717, 1.165) is 12.8 Å². The zero-order valence-electron chi connectivity index (χ0n) is 10.9. The van der Waals surface area contributed by atoms with Gasteiger partial charge >= 0.3 is 5.97 Å². The van der Waals surface area contributed by atoms with E-state index in [0.29, 0.717) is 10.6 Å². The Hall–Kier alpha value is -1.06. The molecule has 0 radical (unpaired) electrons. The normalized spacial score (nSPS) is 18.8. The minimum atomic E-state index is -0.864. The van der Waals surface area contributed by atoms with Crippen molar-refractivity contribution in [2.24, 2.45) is 0 Å². The Morgan fingerprint density at radius 1 is 1.21 bits per heavy atom. The zero-order chi connectivity index (χ0) is 13.7. The second-order valence-corrected chi connectivity index (χ2v) is 5.56. The summed E-state index contributed by atoms with van der Waals surface area (Å²) in [5.74, 6) is -0.864. The Balaban J connectivity index is 2.12. The second kappa shape index (κ2) is 6.92. The molecule has 1 atom stereocenters. The van der Waals surface area contributed by atoms with Gasteiger partial charge in [-0.2, -0.15) is 0 Å². The number of carboxylic acid groups (broad SMARTS) is 1. The van der Waals surface area contributed by atoms with Crippen LogP contribution in [-0.4, -0.2) is 17.1 Å². The average Bonchev–Trinajstić information content (AvgIpc) is 2.65. The molecule has 0 amide bonds. The number of rotatable bonds is 4. The van der Waals surface area contributed by atoms with E-state index >= 15 is 0 Å². The molecule has 1 saturated carbocycles. The van der Waals surface area contributed by atoms with Crippen LogP contribution < -0.4 is 5.32 Å². The maximum Gasteiger partial charge on any atom is 0.325 e. The van der Waals surface area contributed by atoms with Crippen LogP contribution in [0.5, 0.6) is 0 Å². The average molecular weight is 282 g/mol. The predicted molar refractivity (Wildman–Crippen MR) is 76.5 cm³/mol. The van der Waals surface area contributed by atoms with Crippen LogP contribution in [0.3, 0.4) is 0 Å². The molecule has 2 rings (SSSR count). The van der Waals surface area contributed by atoms with Gasteiger partial charge in [-0.25, -0.2) is 0 Å². The zero-order valence-corrected chi connectivity index (χ0v) is 11.7. The summed E-state index contributed by atoms with van der Waals surface area (Å²) in [4.78, 5) is 11.5. The summed E-state index contributed by atoms with van der Waals surface area (Å²) in [7, 11) is 0. The Kier molecular flexibility index (Phi) is 5.23. The molecule has 104 valence electrons. The van der Waals surface area contributed by atoms with E-state index in [1.807, 2.05) is 12.1 Å². The van der Waals surface area contributed by atoms with Crippen molar-refractivity contribution in [3.63, 3.8) is 0 Å². The standard InChI is InChI=1S/C15H20ClNO2/c16-13-10-6-5-9-12(13)14(15(18)19)17-11-7-3-1-2-4-8-11/h5-6,9-11,14,17H,1-4,7-8H2,(H,18,19). The summed E-state index contributed by atoms with van der Waals surface area (Å²) in [6.07, 6.45) is 6.95. The van der Waals surface area contributed by atoms with E-state index in [1.165, 1.54) is 25.7 Å². The third kappa shape index (κ3) is 3.95. The monoisotopic (exact) mass is 281 g/mol. The summed E-state index contributed by atoms with van der Waals surface area (Å²) in [5.41, 5.74) is 0.654. The van der Waals surface area contributed by atoms with Gasteiger partial charge in [0.15, 0.2) is 0 Å². The first kappa shape index (κ1) is 14.4. The van der Waals surface area contributed by atoms with Gasteiger partial charge in [-0.1, -0.05) is 55.5 Å². The van der Waals surface area contributed by atoms with Crippen molar-refractivity contribution in [1.82, 2.24) is 5.32 Å². The summed E-state index contributed by atoms with van der Waals surface area (Å²) in [6, 6.07) is 6.73. The number of carbonyl (C=O) groups is 1. The quantitative estimate of drug-likeness (QED) is 0.826. The van der Waals surface area contributed by atoms with Gasteiger partial charge in [0.05, 0.1) is 0 Å². The van der Waals surface area contributed by atoms with E-state index < -0.39 is 12.0 Å². The molecule has 3 nitrogen and oxygen atoms in total. The fourth-order valence-corrected chi connectivity index (χ4v) is 2.93. The summed E-state index contributed by atoms with van der Waals surface area (Å²) in [6.45, 7) is 0. The topological polar surface area (TPSA) is 49.3 Å². The van der Waals surface area contributed by atoms with Crippen LogP contribution in [0.15, 0.2) is 24.3 Å². The lowest BCUT2D eigenvalue weighted by atomic mass is 10.0. The molecule has 0 heterocycles. The van der Waals surface area contributed by atoms with Gasteiger partial charge in [0.25, 0.3) is 0 Å². The fraction of sp³-hybridized carbons (Fsp3) is 0.533. The number of hydrogen-bond donors (Lipinski definition) is 2. The molecule has 0 spiro atoms. The summed E-state index contributed by atoms with van der Waals surface area (Å²) < 4.78 is 0. The molecular weight excluding hydrogens is 262 g/mol. The summed E-state index contributed by atoms with van der Waals surface area (Å²) in [5, 5.41) is 13.2. The second-order valence-electron chi connectivity index (χ2n) is 5.15. The number of nitrogens with one attached hydrogen (secondary N) is 1. The van der Waals surface area contributed by atoms with Crippen molar-refractivity contribution >= 4 is 17.6 Å². The molecular formula is C15H20ClNO2. The van der Waals surface area contributed by atoms with Crippen LogP contribution in [0.2, 0.25) is 5.02 Å². The molecule has 0 aromatic heterocycles. The Morgan fingerprint density at radius 3 is 2.42 bits per heavy atom. The van der Waals surface area contributed by atoms with Crippen LogP contribution >= 0.6 is 11.6 Å². The van der Waals surface area contributed by atoms with Crippen molar-refractivity contribution in [1.29, 1.82) is 0 Å². The minimum Gasteiger partial charge on any atom is -0.480 e. The molecule has 1 unspecified atom stereocenters. The molecule has 1 aliphatic rings. The fourth-order valence-electron chi connectivity index (χ4n) is 2.69. The van der Waals surface area contributed by atoms with E-state index in [-0.39, 0.29) is 6.04 Å². The smallest absolute Gasteiger partial charge is 0.325 e. The van der Waals surface area contributed by atoms with Gasteiger partial charge in [-0.05, 0) is 24.5 Å². The van der Waals surface area contributed by atoms with E-state index in [1.54, 1.807) is 12.1 Å². The highest BCUT2D eigenvalue weighted by Gasteiger charge is 2.25. The Bertz CT molecular complexity index is 428. The van der Waals surface area contributed by atoms with Crippen molar-refractivity contribution in [2.75, 3.05) is 0 Å². The van der Waals surface area contributed by atoms with Gasteiger partial charge in [0.2, 0.25) is 0 Å². The first-order valence-electron chi connectivity index (χ1n) is 6.92. The molecule has 0 bridgehead atoms. The highest BCUT2D eigenvalue weighted by atomic mass is 35.5. The van der Waals surface area contributed by atoms with E-state index in [2.05, 4.69) is 5.32 Å². The first-order valence-corrected chi connectivity index (χ1v) is 7.29. The molecule has 1 aliphatic carbocycles. The lowest BCUT2D eigenvalue weighted by molar-refractivity contribution is -0.140. The Morgan fingerprint density at radius 2 is 1.84 bits per heavy atom. The van der Waals surface area contributed by atoms with Gasteiger partial charge < -0.3 is 5.11 Å².